The number of hydrogen-bond donors (Lipinski definition) is 4. The number of carbonyl (C=O) groups is 1. The van der Waals surface area contributed by atoms with Crippen molar-refractivity contribution in [1.82, 2.24) is 5.32 Å². The summed E-state index contributed by atoms with van der Waals surface area (Å²) < 4.78 is 0. The van der Waals surface area contributed by atoms with Gasteiger partial charge in [-0.1, -0.05) is 23.7 Å². The van der Waals surface area contributed by atoms with Crippen LogP contribution in [-0.4, -0.2) is 23.1 Å². The first-order chi connectivity index (χ1) is 9.05. The molecule has 6 nitrogen and oxygen atoms in total. The summed E-state index contributed by atoms with van der Waals surface area (Å²) in [5.74, 6) is 0.0821. The fraction of sp³-hybridized carbons (Fsp3) is 0.333. The van der Waals surface area contributed by atoms with Gasteiger partial charge in [0.05, 0.1) is 0 Å². The number of hydrogen-bond acceptors (Lipinski definition) is 3. The van der Waals surface area contributed by atoms with E-state index >= 15 is 0 Å². The number of halogens is 1. The first-order valence-electron chi connectivity index (χ1n) is 5.84. The molecule has 7 heteroatoms. The van der Waals surface area contributed by atoms with Gasteiger partial charge in [-0.15, -0.1) is 0 Å². The summed E-state index contributed by atoms with van der Waals surface area (Å²) in [6, 6.07) is 6.23. The van der Waals surface area contributed by atoms with E-state index in [0.29, 0.717) is 23.6 Å². The van der Waals surface area contributed by atoms with Gasteiger partial charge in [-0.2, -0.15) is 0 Å². The van der Waals surface area contributed by atoms with Crippen LogP contribution in [0.4, 0.5) is 10.5 Å². The molecule has 0 aliphatic carbocycles. The summed E-state index contributed by atoms with van der Waals surface area (Å²) in [5, 5.41) is 17.4. The molecule has 0 aliphatic heterocycles. The molecule has 1 atom stereocenters. The maximum absolute atomic E-state index is 11.7. The summed E-state index contributed by atoms with van der Waals surface area (Å²) in [4.78, 5) is 11.7. The number of nitrogens with zero attached hydrogens (tertiary/aromatic N) is 1. The molecule has 5 N–H and O–H groups in total. The molecule has 0 aliphatic rings. The van der Waals surface area contributed by atoms with E-state index < -0.39 is 0 Å². The van der Waals surface area contributed by atoms with Crippen molar-refractivity contribution in [2.45, 2.75) is 25.8 Å². The zero-order valence-corrected chi connectivity index (χ0v) is 11.3. The van der Waals surface area contributed by atoms with E-state index in [9.17, 15) is 4.79 Å². The predicted octanol–water partition coefficient (Wildman–Crippen LogP) is 2.38. The summed E-state index contributed by atoms with van der Waals surface area (Å²) in [6.07, 6.45) is 0.964. The lowest BCUT2D eigenvalue weighted by Gasteiger charge is -2.16. The maximum Gasteiger partial charge on any atom is 0.319 e. The Morgan fingerprint density at radius 2 is 2.11 bits per heavy atom. The van der Waals surface area contributed by atoms with Gasteiger partial charge >= 0.3 is 6.03 Å². The van der Waals surface area contributed by atoms with E-state index in [1.165, 1.54) is 0 Å². The minimum Gasteiger partial charge on any atom is -0.409 e. The van der Waals surface area contributed by atoms with Crippen molar-refractivity contribution in [3.8, 4) is 0 Å². The van der Waals surface area contributed by atoms with Crippen LogP contribution >= 0.6 is 11.6 Å². The molecular weight excluding hydrogens is 268 g/mol. The fourth-order valence-electron chi connectivity index (χ4n) is 1.48. The standard InChI is InChI=1S/C12H17ClN4O2/c1-2-9(7-11(14)17-19)15-12(18)16-10-5-3-8(13)4-6-10/h3-6,9,19H,2,7H2,1H3,(H2,14,17)(H2,15,16,18). The minimum atomic E-state index is -0.347. The molecule has 0 aromatic heterocycles. The van der Waals surface area contributed by atoms with Gasteiger partial charge < -0.3 is 21.6 Å². The fourth-order valence-corrected chi connectivity index (χ4v) is 1.60. The first-order valence-corrected chi connectivity index (χ1v) is 6.22. The zero-order chi connectivity index (χ0) is 14.3. The smallest absolute Gasteiger partial charge is 0.319 e. The van der Waals surface area contributed by atoms with Gasteiger partial charge in [0.15, 0.2) is 0 Å². The van der Waals surface area contributed by atoms with Crippen molar-refractivity contribution in [3.63, 3.8) is 0 Å². The molecule has 1 aromatic carbocycles. The number of carbonyl (C=O) groups excluding carboxylic acids is 1. The lowest BCUT2D eigenvalue weighted by Crippen LogP contribution is -2.40. The highest BCUT2D eigenvalue weighted by atomic mass is 35.5. The van der Waals surface area contributed by atoms with E-state index in [1.807, 2.05) is 6.92 Å². The highest BCUT2D eigenvalue weighted by molar-refractivity contribution is 6.30. The van der Waals surface area contributed by atoms with Crippen molar-refractivity contribution in [3.05, 3.63) is 29.3 Å². The molecule has 0 radical (unpaired) electrons. The normalized spacial score (nSPS) is 12.8. The predicted molar refractivity (Wildman–Crippen MR) is 75.7 cm³/mol. The Hall–Kier alpha value is -1.95. The van der Waals surface area contributed by atoms with E-state index in [4.69, 9.17) is 22.5 Å². The van der Waals surface area contributed by atoms with Crippen LogP contribution in [0.1, 0.15) is 19.8 Å². The van der Waals surface area contributed by atoms with Gasteiger partial charge in [0.1, 0.15) is 5.84 Å². The van der Waals surface area contributed by atoms with Crippen molar-refractivity contribution >= 4 is 29.2 Å². The van der Waals surface area contributed by atoms with Crippen LogP contribution in [-0.2, 0) is 0 Å². The third-order valence-corrected chi connectivity index (χ3v) is 2.77. The van der Waals surface area contributed by atoms with E-state index in [2.05, 4.69) is 15.8 Å². The molecule has 0 spiro atoms. The van der Waals surface area contributed by atoms with Gasteiger partial charge in [-0.3, -0.25) is 0 Å². The second-order valence-corrected chi connectivity index (χ2v) is 4.44. The Labute approximate surface area is 116 Å². The van der Waals surface area contributed by atoms with Crippen LogP contribution in [0.2, 0.25) is 5.02 Å². The van der Waals surface area contributed by atoms with Gasteiger partial charge in [-0.25, -0.2) is 4.79 Å². The lowest BCUT2D eigenvalue weighted by molar-refractivity contribution is 0.248. The number of nitrogens with two attached hydrogens (primary N) is 1. The van der Waals surface area contributed by atoms with Gasteiger partial charge in [0.2, 0.25) is 0 Å². The third kappa shape index (κ3) is 5.48. The Morgan fingerprint density at radius 3 is 2.63 bits per heavy atom. The molecule has 104 valence electrons. The summed E-state index contributed by atoms with van der Waals surface area (Å²) in [6.45, 7) is 1.90. The number of amidine groups is 1. The van der Waals surface area contributed by atoms with Crippen LogP contribution in [0.3, 0.4) is 0 Å². The van der Waals surface area contributed by atoms with Crippen LogP contribution in [0.25, 0.3) is 0 Å². The van der Waals surface area contributed by atoms with Crippen molar-refractivity contribution < 1.29 is 10.0 Å². The molecule has 1 unspecified atom stereocenters. The van der Waals surface area contributed by atoms with Crippen molar-refractivity contribution in [2.24, 2.45) is 10.9 Å². The quantitative estimate of drug-likeness (QED) is 0.289. The monoisotopic (exact) mass is 284 g/mol. The maximum atomic E-state index is 11.7. The number of benzene rings is 1. The molecule has 0 saturated heterocycles. The molecular formula is C12H17ClN4O2. The van der Waals surface area contributed by atoms with Crippen LogP contribution in [0.5, 0.6) is 0 Å². The largest absolute Gasteiger partial charge is 0.409 e. The summed E-state index contributed by atoms with van der Waals surface area (Å²) in [7, 11) is 0. The van der Waals surface area contributed by atoms with Gasteiger partial charge in [0.25, 0.3) is 0 Å². The van der Waals surface area contributed by atoms with Gasteiger partial charge in [-0.05, 0) is 30.7 Å². The summed E-state index contributed by atoms with van der Waals surface area (Å²) >= 11 is 5.75. The molecule has 1 rings (SSSR count). The van der Waals surface area contributed by atoms with Gasteiger partial charge in [0, 0.05) is 23.2 Å². The number of oxime groups is 1. The lowest BCUT2D eigenvalue weighted by atomic mass is 10.1. The zero-order valence-electron chi connectivity index (χ0n) is 10.6. The molecule has 0 saturated carbocycles. The molecule has 1 aromatic rings. The van der Waals surface area contributed by atoms with Crippen LogP contribution in [0, 0.1) is 0 Å². The molecule has 0 fully saturated rings. The number of nitrogens with one attached hydrogen (secondary N) is 2. The van der Waals surface area contributed by atoms with E-state index in [-0.39, 0.29) is 17.9 Å². The summed E-state index contributed by atoms with van der Waals surface area (Å²) in [5.41, 5.74) is 6.05. The van der Waals surface area contributed by atoms with Crippen LogP contribution in [0.15, 0.2) is 29.4 Å². The Morgan fingerprint density at radius 1 is 1.47 bits per heavy atom. The highest BCUT2D eigenvalue weighted by Gasteiger charge is 2.12. The molecule has 0 heterocycles. The first kappa shape index (κ1) is 15.1. The van der Waals surface area contributed by atoms with E-state index in [1.54, 1.807) is 24.3 Å². The molecule has 19 heavy (non-hydrogen) atoms. The molecule has 0 bridgehead atoms. The number of rotatable bonds is 5. The Kier molecular flexibility index (Phi) is 5.95. The second-order valence-electron chi connectivity index (χ2n) is 4.01. The number of urea groups is 1. The SMILES string of the molecule is CCC(CC(N)=NO)NC(=O)Nc1ccc(Cl)cc1. The molecule has 2 amide bonds. The van der Waals surface area contributed by atoms with E-state index in [0.717, 1.165) is 0 Å². The second kappa shape index (κ2) is 7.48. The number of amides is 2. The van der Waals surface area contributed by atoms with Crippen molar-refractivity contribution in [1.29, 1.82) is 0 Å². The minimum absolute atomic E-state index is 0.0821. The average Bonchev–Trinajstić information content (AvgIpc) is 2.40. The highest BCUT2D eigenvalue weighted by Crippen LogP contribution is 2.13. The third-order valence-electron chi connectivity index (χ3n) is 2.51. The average molecular weight is 285 g/mol. The topological polar surface area (TPSA) is 99.7 Å². The Bertz CT molecular complexity index is 448. The van der Waals surface area contributed by atoms with Crippen molar-refractivity contribution in [2.75, 3.05) is 5.32 Å². The number of anilines is 1. The van der Waals surface area contributed by atoms with Crippen LogP contribution < -0.4 is 16.4 Å². The Balaban J connectivity index is 2.51.